The van der Waals surface area contributed by atoms with Gasteiger partial charge in [-0.1, -0.05) is 0 Å². The Labute approximate surface area is 184 Å². The Balaban J connectivity index is 2.30. The summed E-state index contributed by atoms with van der Waals surface area (Å²) in [5.41, 5.74) is 0. The Morgan fingerprint density at radius 3 is 2.03 bits per heavy atom. The van der Waals surface area contributed by atoms with Crippen molar-refractivity contribution in [3.05, 3.63) is 12.3 Å². The summed E-state index contributed by atoms with van der Waals surface area (Å²) < 4.78 is 37.6. The highest BCUT2D eigenvalue weighted by molar-refractivity contribution is 5.90. The van der Waals surface area contributed by atoms with E-state index in [2.05, 4.69) is 0 Å². The van der Waals surface area contributed by atoms with Gasteiger partial charge in [-0.15, -0.1) is 0 Å². The molecule has 0 aromatic rings. The van der Waals surface area contributed by atoms with Crippen molar-refractivity contribution in [2.45, 2.75) is 70.9 Å². The van der Waals surface area contributed by atoms with Crippen LogP contribution in [0.5, 0.6) is 0 Å². The Hall–Kier alpha value is -2.99. The first-order valence-electron chi connectivity index (χ1n) is 9.83. The van der Waals surface area contributed by atoms with Crippen LogP contribution in [0.1, 0.15) is 34.1 Å². The third kappa shape index (κ3) is 7.61. The summed E-state index contributed by atoms with van der Waals surface area (Å²) in [7, 11) is 0. The number of hydrogen-bond acceptors (Lipinski definition) is 12. The van der Waals surface area contributed by atoms with E-state index in [1.807, 2.05) is 0 Å². The van der Waals surface area contributed by atoms with Crippen molar-refractivity contribution in [2.24, 2.45) is 0 Å². The molecule has 0 amide bonds. The lowest BCUT2D eigenvalue weighted by Crippen LogP contribution is -2.63. The molecule has 32 heavy (non-hydrogen) atoms. The molecule has 12 heteroatoms. The maximum Gasteiger partial charge on any atom is 0.303 e. The maximum atomic E-state index is 11.8. The monoisotopic (exact) mass is 458 g/mol. The molecule has 0 aromatic carbocycles. The molecular formula is C20H26O12. The second-order valence-electron chi connectivity index (χ2n) is 7.13. The largest absolute Gasteiger partial charge is 0.495 e. The van der Waals surface area contributed by atoms with Gasteiger partial charge in [0.05, 0.1) is 12.9 Å². The first-order chi connectivity index (χ1) is 15.1. The standard InChI is InChI=1S/C20H26O12/c1-10(21)27-9-16-17(29-11(2)22)18(30-12(3)23)19(31-13(4)24)20(32-16)28-8-15-7-14(25)5-6-26-15/h5-6,15-20H,7-9H2,1-4H3/t15-,16+,17-,18-,19+,20+/m0/s1. The van der Waals surface area contributed by atoms with E-state index in [1.54, 1.807) is 0 Å². The van der Waals surface area contributed by atoms with Crippen molar-refractivity contribution < 1.29 is 57.1 Å². The fourth-order valence-corrected chi connectivity index (χ4v) is 3.19. The Morgan fingerprint density at radius 1 is 0.875 bits per heavy atom. The maximum absolute atomic E-state index is 11.8. The van der Waals surface area contributed by atoms with Gasteiger partial charge in [-0.05, 0) is 0 Å². The number of carbonyl (C=O) groups excluding carboxylic acids is 5. The van der Waals surface area contributed by atoms with Gasteiger partial charge in [0.1, 0.15) is 18.8 Å². The molecule has 6 atom stereocenters. The number of ketones is 1. The molecule has 0 radical (unpaired) electrons. The van der Waals surface area contributed by atoms with Gasteiger partial charge in [0.25, 0.3) is 0 Å². The zero-order valence-electron chi connectivity index (χ0n) is 18.1. The highest BCUT2D eigenvalue weighted by Crippen LogP contribution is 2.30. The first-order valence-corrected chi connectivity index (χ1v) is 9.83. The fourth-order valence-electron chi connectivity index (χ4n) is 3.19. The lowest BCUT2D eigenvalue weighted by Gasteiger charge is -2.44. The molecule has 0 unspecified atom stereocenters. The van der Waals surface area contributed by atoms with E-state index < -0.39 is 60.7 Å². The zero-order valence-corrected chi connectivity index (χ0v) is 18.1. The van der Waals surface area contributed by atoms with Crippen molar-refractivity contribution in [3.8, 4) is 0 Å². The van der Waals surface area contributed by atoms with Gasteiger partial charge in [-0.2, -0.15) is 0 Å². The second kappa shape index (κ2) is 11.6. The smallest absolute Gasteiger partial charge is 0.303 e. The quantitative estimate of drug-likeness (QED) is 0.354. The SMILES string of the molecule is CC(=O)OC[C@H]1O[C@@H](OC[C@@H]2CC(=O)C=CO2)[C@H](OC(C)=O)[C@@H](OC(C)=O)[C@H]1OC(C)=O. The van der Waals surface area contributed by atoms with E-state index in [0.717, 1.165) is 20.8 Å². The van der Waals surface area contributed by atoms with Crippen LogP contribution in [0, 0.1) is 0 Å². The van der Waals surface area contributed by atoms with Gasteiger partial charge in [-0.25, -0.2) is 0 Å². The third-order valence-corrected chi connectivity index (χ3v) is 4.35. The van der Waals surface area contributed by atoms with Crippen LogP contribution in [0.3, 0.4) is 0 Å². The molecule has 0 spiro atoms. The summed E-state index contributed by atoms with van der Waals surface area (Å²) in [5, 5.41) is 0. The predicted octanol–water partition coefficient (Wildman–Crippen LogP) is -0.0422. The predicted molar refractivity (Wildman–Crippen MR) is 102 cm³/mol. The summed E-state index contributed by atoms with van der Waals surface area (Å²) >= 11 is 0. The van der Waals surface area contributed by atoms with Crippen LogP contribution in [-0.4, -0.2) is 79.7 Å². The van der Waals surface area contributed by atoms with Gasteiger partial charge in [0.15, 0.2) is 30.4 Å². The van der Waals surface area contributed by atoms with Gasteiger partial charge in [0.2, 0.25) is 0 Å². The normalized spacial score (nSPS) is 29.4. The van der Waals surface area contributed by atoms with E-state index in [9.17, 15) is 24.0 Å². The minimum Gasteiger partial charge on any atom is -0.495 e. The van der Waals surface area contributed by atoms with Crippen LogP contribution in [0.2, 0.25) is 0 Å². The molecule has 0 aliphatic carbocycles. The highest BCUT2D eigenvalue weighted by atomic mass is 16.7. The molecule has 1 saturated heterocycles. The topological polar surface area (TPSA) is 150 Å². The molecule has 2 rings (SSSR count). The lowest BCUT2D eigenvalue weighted by molar-refractivity contribution is -0.311. The summed E-state index contributed by atoms with van der Waals surface area (Å²) in [6.45, 7) is 4.05. The van der Waals surface area contributed by atoms with Crippen LogP contribution in [0.15, 0.2) is 12.3 Å². The first kappa shape index (κ1) is 25.3. The van der Waals surface area contributed by atoms with E-state index in [1.165, 1.54) is 19.3 Å². The molecule has 1 fully saturated rings. The van der Waals surface area contributed by atoms with Crippen LogP contribution in [0.4, 0.5) is 0 Å². The number of carbonyl (C=O) groups is 5. The Bertz CT molecular complexity index is 760. The highest BCUT2D eigenvalue weighted by Gasteiger charge is 2.52. The van der Waals surface area contributed by atoms with Crippen molar-refractivity contribution in [1.29, 1.82) is 0 Å². The summed E-state index contributed by atoms with van der Waals surface area (Å²) in [6, 6.07) is 0. The molecule has 0 aromatic heterocycles. The van der Waals surface area contributed by atoms with Crippen molar-refractivity contribution >= 4 is 29.7 Å². The number of rotatable bonds is 8. The molecule has 178 valence electrons. The van der Waals surface area contributed by atoms with Gasteiger partial charge < -0.3 is 33.2 Å². The Morgan fingerprint density at radius 2 is 1.47 bits per heavy atom. The van der Waals surface area contributed by atoms with Crippen molar-refractivity contribution in [1.82, 2.24) is 0 Å². The molecule has 2 aliphatic rings. The summed E-state index contributed by atoms with van der Waals surface area (Å²) in [5.74, 6) is -3.00. The Kier molecular flexibility index (Phi) is 9.14. The second-order valence-corrected chi connectivity index (χ2v) is 7.13. The van der Waals surface area contributed by atoms with Crippen LogP contribution < -0.4 is 0 Å². The van der Waals surface area contributed by atoms with Crippen molar-refractivity contribution in [3.63, 3.8) is 0 Å². The fraction of sp³-hybridized carbons (Fsp3) is 0.650. The zero-order chi connectivity index (χ0) is 23.8. The third-order valence-electron chi connectivity index (χ3n) is 4.35. The number of ether oxygens (including phenoxy) is 7. The van der Waals surface area contributed by atoms with E-state index in [0.29, 0.717) is 0 Å². The number of hydrogen-bond donors (Lipinski definition) is 0. The molecule has 0 N–H and O–H groups in total. The number of esters is 4. The average Bonchev–Trinajstić information content (AvgIpc) is 2.67. The van der Waals surface area contributed by atoms with Crippen LogP contribution in [0.25, 0.3) is 0 Å². The number of allylic oxidation sites excluding steroid dienone is 1. The summed E-state index contributed by atoms with van der Waals surface area (Å²) in [4.78, 5) is 58.1. The minimum absolute atomic E-state index is 0.0573. The minimum atomic E-state index is -1.33. The molecule has 2 aliphatic heterocycles. The van der Waals surface area contributed by atoms with Gasteiger partial charge in [0, 0.05) is 40.2 Å². The average molecular weight is 458 g/mol. The molecular weight excluding hydrogens is 432 g/mol. The van der Waals surface area contributed by atoms with Gasteiger partial charge in [-0.3, -0.25) is 24.0 Å². The molecule has 12 nitrogen and oxygen atoms in total. The molecule has 2 heterocycles. The van der Waals surface area contributed by atoms with Crippen LogP contribution >= 0.6 is 0 Å². The van der Waals surface area contributed by atoms with E-state index in [-0.39, 0.29) is 25.4 Å². The van der Waals surface area contributed by atoms with Crippen molar-refractivity contribution in [2.75, 3.05) is 13.2 Å². The lowest BCUT2D eigenvalue weighted by atomic mass is 9.98. The molecule has 0 saturated carbocycles. The van der Waals surface area contributed by atoms with E-state index >= 15 is 0 Å². The molecule has 0 bridgehead atoms. The van der Waals surface area contributed by atoms with E-state index in [4.69, 9.17) is 33.2 Å². The van der Waals surface area contributed by atoms with Crippen LogP contribution in [-0.2, 0) is 57.1 Å². The summed E-state index contributed by atoms with van der Waals surface area (Å²) in [6.07, 6.45) is -4.40. The van der Waals surface area contributed by atoms with Gasteiger partial charge >= 0.3 is 23.9 Å².